The van der Waals surface area contributed by atoms with Gasteiger partial charge in [0.1, 0.15) is 5.60 Å². The summed E-state index contributed by atoms with van der Waals surface area (Å²) in [6.07, 6.45) is 12.9. The van der Waals surface area contributed by atoms with Gasteiger partial charge < -0.3 is 9.84 Å². The summed E-state index contributed by atoms with van der Waals surface area (Å²) in [5.41, 5.74) is 1.29. The van der Waals surface area contributed by atoms with Gasteiger partial charge in [-0.15, -0.1) is 0 Å². The second kappa shape index (κ2) is 7.23. The second-order valence-electron chi connectivity index (χ2n) is 5.40. The molecule has 0 saturated carbocycles. The van der Waals surface area contributed by atoms with E-state index >= 15 is 0 Å². The molecule has 0 heterocycles. The van der Waals surface area contributed by atoms with Gasteiger partial charge in [0.25, 0.3) is 0 Å². The first-order valence-corrected chi connectivity index (χ1v) is 7.57. The van der Waals surface area contributed by atoms with Gasteiger partial charge in [0.05, 0.1) is 5.92 Å². The summed E-state index contributed by atoms with van der Waals surface area (Å²) >= 11 is 0. The van der Waals surface area contributed by atoms with Crippen molar-refractivity contribution in [3.05, 3.63) is 65.8 Å². The molecule has 3 nitrogen and oxygen atoms in total. The van der Waals surface area contributed by atoms with E-state index in [4.69, 9.17) is 4.74 Å². The molecule has 1 aliphatic rings. The molecule has 3 heteroatoms. The number of allylic oxidation sites excluding steroid dienone is 2. The highest BCUT2D eigenvalue weighted by Crippen LogP contribution is 2.27. The first-order chi connectivity index (χ1) is 10.6. The SMILES string of the molecule is CCOC1(C=Cc2ccccc2C(C)C(=O)O)C=CC=CC1. The monoisotopic (exact) mass is 298 g/mol. The first kappa shape index (κ1) is 16.2. The molecule has 2 rings (SSSR count). The molecule has 0 aliphatic heterocycles. The van der Waals surface area contributed by atoms with Crippen LogP contribution in [0.25, 0.3) is 6.08 Å². The van der Waals surface area contributed by atoms with Crippen molar-refractivity contribution in [3.63, 3.8) is 0 Å². The summed E-state index contributed by atoms with van der Waals surface area (Å²) < 4.78 is 5.90. The van der Waals surface area contributed by atoms with Crippen LogP contribution in [0.2, 0.25) is 0 Å². The number of aliphatic carboxylic acids is 1. The van der Waals surface area contributed by atoms with Gasteiger partial charge in [-0.05, 0) is 37.1 Å². The summed E-state index contributed by atoms with van der Waals surface area (Å²) in [6.45, 7) is 4.30. The van der Waals surface area contributed by atoms with Crippen molar-refractivity contribution in [3.8, 4) is 0 Å². The molecule has 2 atom stereocenters. The van der Waals surface area contributed by atoms with E-state index in [2.05, 4.69) is 6.08 Å². The van der Waals surface area contributed by atoms with E-state index in [1.807, 2.05) is 61.6 Å². The van der Waals surface area contributed by atoms with E-state index in [0.717, 1.165) is 17.5 Å². The van der Waals surface area contributed by atoms with Gasteiger partial charge in [-0.1, -0.05) is 48.6 Å². The van der Waals surface area contributed by atoms with Gasteiger partial charge >= 0.3 is 5.97 Å². The lowest BCUT2D eigenvalue weighted by atomic mass is 9.91. The first-order valence-electron chi connectivity index (χ1n) is 7.57. The molecule has 0 radical (unpaired) electrons. The van der Waals surface area contributed by atoms with Crippen molar-refractivity contribution in [1.82, 2.24) is 0 Å². The Bertz CT molecular complexity index is 613. The largest absolute Gasteiger partial charge is 0.481 e. The molecule has 116 valence electrons. The summed E-state index contributed by atoms with van der Waals surface area (Å²) in [5.74, 6) is -1.36. The highest BCUT2D eigenvalue weighted by atomic mass is 16.5. The Balaban J connectivity index is 2.31. The van der Waals surface area contributed by atoms with E-state index < -0.39 is 17.5 Å². The van der Waals surface area contributed by atoms with Crippen LogP contribution in [0.3, 0.4) is 0 Å². The van der Waals surface area contributed by atoms with Crippen molar-refractivity contribution in [2.75, 3.05) is 6.61 Å². The number of hydrogen-bond donors (Lipinski definition) is 1. The Labute approximate surface area is 131 Å². The predicted molar refractivity (Wildman–Crippen MR) is 88.8 cm³/mol. The summed E-state index contributed by atoms with van der Waals surface area (Å²) in [4.78, 5) is 11.3. The quantitative estimate of drug-likeness (QED) is 0.857. The van der Waals surface area contributed by atoms with Crippen LogP contribution >= 0.6 is 0 Å². The molecule has 1 N–H and O–H groups in total. The lowest BCUT2D eigenvalue weighted by Gasteiger charge is -2.28. The zero-order chi connectivity index (χ0) is 16.0. The summed E-state index contributed by atoms with van der Waals surface area (Å²) in [5, 5.41) is 9.24. The molecular weight excluding hydrogens is 276 g/mol. The third-order valence-corrected chi connectivity index (χ3v) is 3.85. The molecule has 0 bridgehead atoms. The number of benzene rings is 1. The van der Waals surface area contributed by atoms with Crippen molar-refractivity contribution < 1.29 is 14.6 Å². The molecule has 0 spiro atoms. The number of carbonyl (C=O) groups is 1. The molecule has 0 fully saturated rings. The Kier molecular flexibility index (Phi) is 5.34. The topological polar surface area (TPSA) is 46.5 Å². The Morgan fingerprint density at radius 3 is 2.82 bits per heavy atom. The minimum absolute atomic E-state index is 0.441. The van der Waals surface area contributed by atoms with E-state index in [0.29, 0.717) is 6.61 Å². The molecule has 22 heavy (non-hydrogen) atoms. The van der Waals surface area contributed by atoms with Gasteiger partial charge in [0, 0.05) is 13.0 Å². The van der Waals surface area contributed by atoms with Gasteiger partial charge in [-0.3, -0.25) is 4.79 Å². The lowest BCUT2D eigenvalue weighted by Crippen LogP contribution is -2.28. The smallest absolute Gasteiger partial charge is 0.310 e. The van der Waals surface area contributed by atoms with Crippen LogP contribution in [-0.2, 0) is 9.53 Å². The third-order valence-electron chi connectivity index (χ3n) is 3.85. The van der Waals surface area contributed by atoms with Crippen LogP contribution in [-0.4, -0.2) is 23.3 Å². The lowest BCUT2D eigenvalue weighted by molar-refractivity contribution is -0.138. The molecule has 1 aliphatic carbocycles. The molecule has 0 aromatic heterocycles. The number of carboxylic acid groups (broad SMARTS) is 1. The van der Waals surface area contributed by atoms with Gasteiger partial charge in [0.2, 0.25) is 0 Å². The zero-order valence-corrected chi connectivity index (χ0v) is 13.0. The Morgan fingerprint density at radius 2 is 2.18 bits per heavy atom. The van der Waals surface area contributed by atoms with E-state index in [1.165, 1.54) is 0 Å². The maximum Gasteiger partial charge on any atom is 0.310 e. The Morgan fingerprint density at radius 1 is 1.41 bits per heavy atom. The van der Waals surface area contributed by atoms with Crippen molar-refractivity contribution in [2.45, 2.75) is 31.8 Å². The van der Waals surface area contributed by atoms with Gasteiger partial charge in [-0.25, -0.2) is 0 Å². The van der Waals surface area contributed by atoms with Crippen molar-refractivity contribution in [2.24, 2.45) is 0 Å². The maximum absolute atomic E-state index is 11.3. The normalized spacial score (nSPS) is 22.1. The Hall–Kier alpha value is -2.13. The molecule has 1 aromatic carbocycles. The van der Waals surface area contributed by atoms with Crippen LogP contribution in [0.15, 0.2) is 54.6 Å². The van der Waals surface area contributed by atoms with Crippen LogP contribution in [0.5, 0.6) is 0 Å². The van der Waals surface area contributed by atoms with Gasteiger partial charge in [0.15, 0.2) is 0 Å². The minimum Gasteiger partial charge on any atom is -0.481 e. The van der Waals surface area contributed by atoms with Crippen molar-refractivity contribution in [1.29, 1.82) is 0 Å². The highest BCUT2D eigenvalue weighted by molar-refractivity contribution is 5.77. The number of rotatable bonds is 6. The molecule has 1 aromatic rings. The van der Waals surface area contributed by atoms with Crippen LogP contribution in [0.4, 0.5) is 0 Å². The fraction of sp³-hybridized carbons (Fsp3) is 0.316. The number of carboxylic acids is 1. The predicted octanol–water partition coefficient (Wildman–Crippen LogP) is 4.18. The third kappa shape index (κ3) is 3.74. The minimum atomic E-state index is -0.819. The average molecular weight is 298 g/mol. The van der Waals surface area contributed by atoms with E-state index in [-0.39, 0.29) is 0 Å². The number of hydrogen-bond acceptors (Lipinski definition) is 2. The second-order valence-corrected chi connectivity index (χ2v) is 5.40. The zero-order valence-electron chi connectivity index (χ0n) is 13.0. The molecular formula is C19H22O3. The van der Waals surface area contributed by atoms with E-state index in [9.17, 15) is 9.90 Å². The average Bonchev–Trinajstić information content (AvgIpc) is 2.54. The molecule has 0 saturated heterocycles. The van der Waals surface area contributed by atoms with Crippen molar-refractivity contribution >= 4 is 12.0 Å². The maximum atomic E-state index is 11.3. The van der Waals surface area contributed by atoms with Crippen LogP contribution < -0.4 is 0 Å². The highest BCUT2D eigenvalue weighted by Gasteiger charge is 2.24. The van der Waals surface area contributed by atoms with Crippen LogP contribution in [0.1, 0.15) is 37.3 Å². The molecule has 0 amide bonds. The summed E-state index contributed by atoms with van der Waals surface area (Å²) in [7, 11) is 0. The van der Waals surface area contributed by atoms with Crippen LogP contribution in [0, 0.1) is 0 Å². The fourth-order valence-electron chi connectivity index (χ4n) is 2.59. The van der Waals surface area contributed by atoms with E-state index in [1.54, 1.807) is 6.92 Å². The fourth-order valence-corrected chi connectivity index (χ4v) is 2.59. The molecule has 2 unspecified atom stereocenters. The summed E-state index contributed by atoms with van der Waals surface area (Å²) in [6, 6.07) is 7.59. The standard InChI is InChI=1S/C19H22O3/c1-3-22-19(12-7-4-8-13-19)14-11-16-9-5-6-10-17(16)15(2)18(20)21/h4-12,14-15H,3,13H2,1-2H3,(H,20,21). The van der Waals surface area contributed by atoms with Gasteiger partial charge in [-0.2, -0.15) is 0 Å². The number of ether oxygens (including phenoxy) is 1.